The Balaban J connectivity index is 3.30. The summed E-state index contributed by atoms with van der Waals surface area (Å²) in [5.74, 6) is 0.614. The maximum absolute atomic E-state index is 6.29. The van der Waals surface area contributed by atoms with E-state index in [1.807, 2.05) is 0 Å². The van der Waals surface area contributed by atoms with Crippen molar-refractivity contribution in [2.45, 2.75) is 32.1 Å². The zero-order valence-electron chi connectivity index (χ0n) is 10.8. The van der Waals surface area contributed by atoms with Gasteiger partial charge in [-0.15, -0.1) is 11.6 Å². The highest BCUT2D eigenvalue weighted by Gasteiger charge is 2.14. The van der Waals surface area contributed by atoms with Crippen molar-refractivity contribution in [3.8, 4) is 0 Å². The minimum Gasteiger partial charge on any atom is -0.382 e. The Morgan fingerprint density at radius 1 is 1.12 bits per heavy atom. The van der Waals surface area contributed by atoms with Crippen molar-refractivity contribution in [1.29, 1.82) is 0 Å². The molecule has 4 heteroatoms. The molecule has 0 rings (SSSR count). The molecule has 0 aliphatic heterocycles. The molecule has 0 aromatic rings. The SMILES string of the molecule is CCC(CC)C(Cl)CNCCOCCOC. The molecule has 98 valence electrons. The molecular formula is C12H26ClNO2. The van der Waals surface area contributed by atoms with E-state index in [2.05, 4.69) is 19.2 Å². The van der Waals surface area contributed by atoms with E-state index in [1.165, 1.54) is 0 Å². The Morgan fingerprint density at radius 3 is 2.38 bits per heavy atom. The minimum atomic E-state index is 0.231. The maximum Gasteiger partial charge on any atom is 0.0700 e. The maximum atomic E-state index is 6.29. The number of halogens is 1. The summed E-state index contributed by atoms with van der Waals surface area (Å²) < 4.78 is 10.2. The highest BCUT2D eigenvalue weighted by atomic mass is 35.5. The van der Waals surface area contributed by atoms with E-state index >= 15 is 0 Å². The average Bonchev–Trinajstić information content (AvgIpc) is 2.29. The second kappa shape index (κ2) is 11.6. The van der Waals surface area contributed by atoms with Crippen molar-refractivity contribution in [1.82, 2.24) is 5.32 Å². The molecule has 16 heavy (non-hydrogen) atoms. The molecule has 0 aromatic heterocycles. The monoisotopic (exact) mass is 251 g/mol. The third-order valence-electron chi connectivity index (χ3n) is 2.75. The number of rotatable bonds is 11. The van der Waals surface area contributed by atoms with Crippen molar-refractivity contribution in [2.75, 3.05) is 40.0 Å². The quantitative estimate of drug-likeness (QED) is 0.452. The molecule has 0 fully saturated rings. The predicted molar refractivity (Wildman–Crippen MR) is 69.3 cm³/mol. The number of hydrogen-bond donors (Lipinski definition) is 1. The van der Waals surface area contributed by atoms with Crippen LogP contribution in [-0.2, 0) is 9.47 Å². The minimum absolute atomic E-state index is 0.231. The fourth-order valence-electron chi connectivity index (χ4n) is 1.60. The van der Waals surface area contributed by atoms with Crippen molar-refractivity contribution in [3.05, 3.63) is 0 Å². The Labute approximate surface area is 105 Å². The lowest BCUT2D eigenvalue weighted by Gasteiger charge is -2.19. The highest BCUT2D eigenvalue weighted by Crippen LogP contribution is 2.17. The number of hydrogen-bond acceptors (Lipinski definition) is 3. The first kappa shape index (κ1) is 16.2. The largest absolute Gasteiger partial charge is 0.382 e. The molecule has 0 aliphatic carbocycles. The second-order valence-corrected chi connectivity index (χ2v) is 4.46. The van der Waals surface area contributed by atoms with Gasteiger partial charge in [-0.3, -0.25) is 0 Å². The van der Waals surface area contributed by atoms with Crippen LogP contribution >= 0.6 is 11.6 Å². The van der Waals surface area contributed by atoms with Crippen LogP contribution in [0, 0.1) is 5.92 Å². The van der Waals surface area contributed by atoms with Gasteiger partial charge in [0.1, 0.15) is 0 Å². The van der Waals surface area contributed by atoms with Gasteiger partial charge in [0.25, 0.3) is 0 Å². The van der Waals surface area contributed by atoms with Crippen LogP contribution in [0.5, 0.6) is 0 Å². The van der Waals surface area contributed by atoms with Crippen LogP contribution in [0.3, 0.4) is 0 Å². The normalized spacial score (nSPS) is 13.3. The van der Waals surface area contributed by atoms with Crippen LogP contribution in [0.15, 0.2) is 0 Å². The molecule has 0 saturated carbocycles. The third kappa shape index (κ3) is 8.34. The Bertz CT molecular complexity index is 143. The number of ether oxygens (including phenoxy) is 2. The summed E-state index contributed by atoms with van der Waals surface area (Å²) in [6.45, 7) is 8.14. The number of nitrogens with one attached hydrogen (secondary N) is 1. The highest BCUT2D eigenvalue weighted by molar-refractivity contribution is 6.21. The summed E-state index contributed by atoms with van der Waals surface area (Å²) >= 11 is 6.29. The molecule has 1 N–H and O–H groups in total. The van der Waals surface area contributed by atoms with E-state index in [9.17, 15) is 0 Å². The molecule has 0 heterocycles. The molecule has 0 aromatic carbocycles. The first-order valence-electron chi connectivity index (χ1n) is 6.17. The molecule has 0 aliphatic rings. The van der Waals surface area contributed by atoms with Crippen molar-refractivity contribution >= 4 is 11.6 Å². The van der Waals surface area contributed by atoms with Crippen molar-refractivity contribution < 1.29 is 9.47 Å². The predicted octanol–water partition coefficient (Wildman–Crippen LogP) is 2.28. The summed E-state index contributed by atoms with van der Waals surface area (Å²) in [6, 6.07) is 0. The number of methoxy groups -OCH3 is 1. The molecule has 0 radical (unpaired) electrons. The van der Waals surface area contributed by atoms with Crippen LogP contribution < -0.4 is 5.32 Å². The molecule has 1 atom stereocenters. The number of alkyl halides is 1. The van der Waals surface area contributed by atoms with Crippen molar-refractivity contribution in [3.63, 3.8) is 0 Å². The van der Waals surface area contributed by atoms with E-state index in [1.54, 1.807) is 7.11 Å². The second-order valence-electron chi connectivity index (χ2n) is 3.90. The first-order chi connectivity index (χ1) is 7.76. The molecule has 0 amide bonds. The fraction of sp³-hybridized carbons (Fsp3) is 1.00. The first-order valence-corrected chi connectivity index (χ1v) is 6.61. The molecular weight excluding hydrogens is 226 g/mol. The molecule has 1 unspecified atom stereocenters. The smallest absolute Gasteiger partial charge is 0.0700 e. The van der Waals surface area contributed by atoms with Gasteiger partial charge >= 0.3 is 0 Å². The summed E-state index contributed by atoms with van der Waals surface area (Å²) in [5.41, 5.74) is 0. The Hall–Kier alpha value is 0.170. The molecule has 0 saturated heterocycles. The van der Waals surface area contributed by atoms with Crippen LogP contribution in [0.25, 0.3) is 0 Å². The van der Waals surface area contributed by atoms with Gasteiger partial charge in [-0.05, 0) is 5.92 Å². The lowest BCUT2D eigenvalue weighted by Crippen LogP contribution is -2.31. The lowest BCUT2D eigenvalue weighted by molar-refractivity contribution is 0.0719. The van der Waals surface area contributed by atoms with Crippen molar-refractivity contribution in [2.24, 2.45) is 5.92 Å². The van der Waals surface area contributed by atoms with E-state index in [-0.39, 0.29) is 5.38 Å². The van der Waals surface area contributed by atoms with Crippen LogP contribution in [-0.4, -0.2) is 45.4 Å². The van der Waals surface area contributed by atoms with Gasteiger partial charge in [-0.1, -0.05) is 26.7 Å². The van der Waals surface area contributed by atoms with Gasteiger partial charge in [-0.25, -0.2) is 0 Å². The average molecular weight is 252 g/mol. The summed E-state index contributed by atoms with van der Waals surface area (Å²) in [6.07, 6.45) is 2.30. The van der Waals surface area contributed by atoms with Gasteiger partial charge < -0.3 is 14.8 Å². The summed E-state index contributed by atoms with van der Waals surface area (Å²) in [5, 5.41) is 3.54. The fourth-order valence-corrected chi connectivity index (χ4v) is 2.06. The van der Waals surface area contributed by atoms with Crippen LogP contribution in [0.1, 0.15) is 26.7 Å². The van der Waals surface area contributed by atoms with Gasteiger partial charge in [0.2, 0.25) is 0 Å². The van der Waals surface area contributed by atoms with Gasteiger partial charge in [0.15, 0.2) is 0 Å². The lowest BCUT2D eigenvalue weighted by atomic mass is 9.99. The zero-order chi connectivity index (χ0) is 12.2. The zero-order valence-corrected chi connectivity index (χ0v) is 11.6. The van der Waals surface area contributed by atoms with Crippen LogP contribution in [0.2, 0.25) is 0 Å². The van der Waals surface area contributed by atoms with Crippen LogP contribution in [0.4, 0.5) is 0 Å². The third-order valence-corrected chi connectivity index (χ3v) is 3.27. The topological polar surface area (TPSA) is 30.5 Å². The summed E-state index contributed by atoms with van der Waals surface area (Å²) in [7, 11) is 1.68. The molecule has 3 nitrogen and oxygen atoms in total. The van der Waals surface area contributed by atoms with E-state index in [4.69, 9.17) is 21.1 Å². The van der Waals surface area contributed by atoms with Gasteiger partial charge in [0, 0.05) is 25.6 Å². The summed E-state index contributed by atoms with van der Waals surface area (Å²) in [4.78, 5) is 0. The van der Waals surface area contributed by atoms with E-state index in [0.29, 0.717) is 19.1 Å². The Kier molecular flexibility index (Phi) is 11.8. The van der Waals surface area contributed by atoms with Gasteiger partial charge in [-0.2, -0.15) is 0 Å². The van der Waals surface area contributed by atoms with Gasteiger partial charge in [0.05, 0.1) is 19.8 Å². The molecule has 0 spiro atoms. The molecule has 0 bridgehead atoms. The Morgan fingerprint density at radius 2 is 1.81 bits per heavy atom. The van der Waals surface area contributed by atoms with E-state index in [0.717, 1.165) is 32.5 Å². The standard InChI is InChI=1S/C12H26ClNO2/c1-4-11(5-2)12(13)10-14-6-7-16-9-8-15-3/h11-12,14H,4-10H2,1-3H3. The van der Waals surface area contributed by atoms with E-state index < -0.39 is 0 Å².